The van der Waals surface area contributed by atoms with Gasteiger partial charge in [-0.25, -0.2) is 0 Å². The number of anilines is 1. The molecule has 0 amide bonds. The highest BCUT2D eigenvalue weighted by molar-refractivity contribution is 5.90. The van der Waals surface area contributed by atoms with Crippen LogP contribution in [0.15, 0.2) is 18.2 Å². The van der Waals surface area contributed by atoms with Gasteiger partial charge in [0.1, 0.15) is 0 Å². The van der Waals surface area contributed by atoms with Gasteiger partial charge >= 0.3 is 5.97 Å². The molecule has 4 heteroatoms. The number of nitrogens with one attached hydrogen (secondary N) is 1. The molecule has 0 spiro atoms. The molecule has 0 aliphatic rings. The van der Waals surface area contributed by atoms with E-state index in [1.807, 2.05) is 13.0 Å². The molecule has 0 bridgehead atoms. The van der Waals surface area contributed by atoms with Crippen LogP contribution in [0, 0.1) is 6.92 Å². The number of aromatic amines is 1. The number of benzene rings is 1. The zero-order valence-corrected chi connectivity index (χ0v) is 11.7. The second-order valence-electron chi connectivity index (χ2n) is 4.70. The second-order valence-corrected chi connectivity index (χ2v) is 4.70. The number of fused-ring (bicyclic) bond motifs is 1. The van der Waals surface area contributed by atoms with Gasteiger partial charge in [0.2, 0.25) is 0 Å². The summed E-state index contributed by atoms with van der Waals surface area (Å²) in [6.07, 6.45) is 0.0630. The number of H-pyrrole nitrogens is 1. The Morgan fingerprint density at radius 2 is 2.00 bits per heavy atom. The van der Waals surface area contributed by atoms with Crippen LogP contribution in [0.1, 0.15) is 25.1 Å². The van der Waals surface area contributed by atoms with Crippen LogP contribution in [0.25, 0.3) is 10.9 Å². The number of aromatic nitrogens is 1. The van der Waals surface area contributed by atoms with Crippen molar-refractivity contribution in [3.8, 4) is 0 Å². The van der Waals surface area contributed by atoms with Crippen LogP contribution in [-0.4, -0.2) is 29.1 Å². The van der Waals surface area contributed by atoms with Crippen LogP contribution in [-0.2, 0) is 11.2 Å². The zero-order chi connectivity index (χ0) is 14.0. The Kier molecular flexibility index (Phi) is 3.79. The van der Waals surface area contributed by atoms with Gasteiger partial charge in [-0.15, -0.1) is 0 Å². The molecule has 0 unspecified atom stereocenters. The van der Waals surface area contributed by atoms with Gasteiger partial charge in [-0.05, 0) is 44.5 Å². The van der Waals surface area contributed by atoms with Crippen LogP contribution >= 0.6 is 0 Å². The zero-order valence-electron chi connectivity index (χ0n) is 11.7. The van der Waals surface area contributed by atoms with Crippen molar-refractivity contribution in [1.29, 1.82) is 0 Å². The maximum Gasteiger partial charge on any atom is 0.307 e. The van der Waals surface area contributed by atoms with E-state index in [0.717, 1.165) is 40.9 Å². The van der Waals surface area contributed by atoms with Crippen molar-refractivity contribution in [3.05, 3.63) is 29.5 Å². The van der Waals surface area contributed by atoms with E-state index in [4.69, 9.17) is 5.11 Å². The van der Waals surface area contributed by atoms with E-state index < -0.39 is 5.97 Å². The first-order chi connectivity index (χ1) is 9.06. The number of carboxylic acid groups (broad SMARTS) is 1. The van der Waals surface area contributed by atoms with Gasteiger partial charge in [-0.1, -0.05) is 0 Å². The molecule has 2 aromatic rings. The number of hydrogen-bond donors (Lipinski definition) is 2. The Labute approximate surface area is 113 Å². The Morgan fingerprint density at radius 3 is 2.58 bits per heavy atom. The molecule has 2 N–H and O–H groups in total. The van der Waals surface area contributed by atoms with Crippen molar-refractivity contribution in [2.75, 3.05) is 18.0 Å². The maximum atomic E-state index is 11.0. The lowest BCUT2D eigenvalue weighted by molar-refractivity contribution is -0.136. The molecule has 1 aromatic heterocycles. The maximum absolute atomic E-state index is 11.0. The molecule has 4 nitrogen and oxygen atoms in total. The number of hydrogen-bond acceptors (Lipinski definition) is 2. The van der Waals surface area contributed by atoms with Gasteiger partial charge in [0.05, 0.1) is 6.42 Å². The monoisotopic (exact) mass is 260 g/mol. The Balaban J connectivity index is 2.53. The lowest BCUT2D eigenvalue weighted by Crippen LogP contribution is -2.21. The fourth-order valence-electron chi connectivity index (χ4n) is 2.53. The average Bonchev–Trinajstić information content (AvgIpc) is 2.67. The van der Waals surface area contributed by atoms with Gasteiger partial charge in [0.25, 0.3) is 0 Å². The van der Waals surface area contributed by atoms with Crippen molar-refractivity contribution < 1.29 is 9.90 Å². The van der Waals surface area contributed by atoms with Gasteiger partial charge in [0.15, 0.2) is 0 Å². The highest BCUT2D eigenvalue weighted by Gasteiger charge is 2.13. The molecule has 0 fully saturated rings. The summed E-state index contributed by atoms with van der Waals surface area (Å²) in [5.41, 5.74) is 3.97. The minimum atomic E-state index is -0.794. The van der Waals surface area contributed by atoms with Crippen LogP contribution in [0.4, 0.5) is 5.69 Å². The van der Waals surface area contributed by atoms with E-state index in [2.05, 4.69) is 35.9 Å². The van der Waals surface area contributed by atoms with E-state index in [0.29, 0.717) is 0 Å². The molecule has 102 valence electrons. The molecule has 1 heterocycles. The summed E-state index contributed by atoms with van der Waals surface area (Å²) in [6.45, 7) is 8.05. The second kappa shape index (κ2) is 5.34. The summed E-state index contributed by atoms with van der Waals surface area (Å²) in [5.74, 6) is -0.794. The molecule has 0 atom stereocenters. The molecule has 2 rings (SSSR count). The first kappa shape index (κ1) is 13.5. The van der Waals surface area contributed by atoms with Gasteiger partial charge < -0.3 is 15.0 Å². The summed E-state index contributed by atoms with van der Waals surface area (Å²) in [6, 6.07) is 6.20. The molecule has 19 heavy (non-hydrogen) atoms. The first-order valence-electron chi connectivity index (χ1n) is 6.64. The van der Waals surface area contributed by atoms with E-state index in [-0.39, 0.29) is 6.42 Å². The Hall–Kier alpha value is -1.97. The van der Waals surface area contributed by atoms with Gasteiger partial charge in [-0.3, -0.25) is 4.79 Å². The minimum Gasteiger partial charge on any atom is -0.481 e. The summed E-state index contributed by atoms with van der Waals surface area (Å²) in [7, 11) is 0. The molecular formula is C15H20N2O2. The number of carbonyl (C=O) groups is 1. The number of nitrogens with zero attached hydrogens (tertiary/aromatic N) is 1. The summed E-state index contributed by atoms with van der Waals surface area (Å²) in [4.78, 5) is 16.5. The van der Waals surface area contributed by atoms with Crippen molar-refractivity contribution in [2.45, 2.75) is 27.2 Å². The topological polar surface area (TPSA) is 56.3 Å². The molecule has 0 saturated carbocycles. The largest absolute Gasteiger partial charge is 0.481 e. The van der Waals surface area contributed by atoms with Crippen molar-refractivity contribution in [3.63, 3.8) is 0 Å². The fourth-order valence-corrected chi connectivity index (χ4v) is 2.53. The fraction of sp³-hybridized carbons (Fsp3) is 0.400. The Bertz CT molecular complexity index is 597. The van der Waals surface area contributed by atoms with Crippen LogP contribution in [0.3, 0.4) is 0 Å². The molecule has 1 aromatic carbocycles. The summed E-state index contributed by atoms with van der Waals surface area (Å²) >= 11 is 0. The molecule has 0 aliphatic heterocycles. The predicted molar refractivity (Wildman–Crippen MR) is 77.9 cm³/mol. The number of carboxylic acids is 1. The average molecular weight is 260 g/mol. The molecule has 0 saturated heterocycles. The lowest BCUT2D eigenvalue weighted by Gasteiger charge is -2.21. The number of aliphatic carboxylic acids is 1. The van der Waals surface area contributed by atoms with Gasteiger partial charge in [0, 0.05) is 35.4 Å². The van der Waals surface area contributed by atoms with E-state index in [9.17, 15) is 4.79 Å². The van der Waals surface area contributed by atoms with Crippen LogP contribution in [0.2, 0.25) is 0 Å². The molecule has 0 aliphatic carbocycles. The van der Waals surface area contributed by atoms with Crippen LogP contribution in [0.5, 0.6) is 0 Å². The highest BCUT2D eigenvalue weighted by atomic mass is 16.4. The number of aryl methyl sites for hydroxylation is 1. The Morgan fingerprint density at radius 1 is 1.32 bits per heavy atom. The molecular weight excluding hydrogens is 240 g/mol. The summed E-state index contributed by atoms with van der Waals surface area (Å²) in [5, 5.41) is 10.0. The van der Waals surface area contributed by atoms with Crippen molar-refractivity contribution >= 4 is 22.6 Å². The van der Waals surface area contributed by atoms with Gasteiger partial charge in [-0.2, -0.15) is 0 Å². The standard InChI is InChI=1S/C15H20N2O2/c1-4-17(5-2)11-6-7-14-13(8-11)12(9-15(18)19)10(3)16-14/h6-8,16H,4-5,9H2,1-3H3,(H,18,19). The van der Waals surface area contributed by atoms with Crippen molar-refractivity contribution in [2.24, 2.45) is 0 Å². The first-order valence-corrected chi connectivity index (χ1v) is 6.64. The van der Waals surface area contributed by atoms with E-state index >= 15 is 0 Å². The third-order valence-electron chi connectivity index (χ3n) is 3.56. The molecule has 0 radical (unpaired) electrons. The summed E-state index contributed by atoms with van der Waals surface area (Å²) < 4.78 is 0. The van der Waals surface area contributed by atoms with Crippen LogP contribution < -0.4 is 4.90 Å². The normalized spacial score (nSPS) is 10.9. The van der Waals surface area contributed by atoms with Crippen molar-refractivity contribution in [1.82, 2.24) is 4.98 Å². The van der Waals surface area contributed by atoms with E-state index in [1.54, 1.807) is 0 Å². The minimum absolute atomic E-state index is 0.0630. The predicted octanol–water partition coefficient (Wildman–Crippen LogP) is 2.95. The van der Waals surface area contributed by atoms with E-state index in [1.165, 1.54) is 0 Å². The third-order valence-corrected chi connectivity index (χ3v) is 3.56. The lowest BCUT2D eigenvalue weighted by atomic mass is 10.1. The smallest absolute Gasteiger partial charge is 0.307 e. The number of rotatable bonds is 5. The SMILES string of the molecule is CCN(CC)c1ccc2[nH]c(C)c(CC(=O)O)c2c1. The third kappa shape index (κ3) is 2.57. The quantitative estimate of drug-likeness (QED) is 0.869. The highest BCUT2D eigenvalue weighted by Crippen LogP contribution is 2.27.